The van der Waals surface area contributed by atoms with Crippen LogP contribution in [0.15, 0.2) is 54.6 Å². The van der Waals surface area contributed by atoms with Gasteiger partial charge in [0.25, 0.3) is 0 Å². The number of rotatable bonds is 5. The van der Waals surface area contributed by atoms with E-state index < -0.39 is 12.1 Å². The SMILES string of the molecule is COc1ccc(CN2CC(C(=O)Nc3ccccc3)C3(CCOCC3)C2)cc1.O=C(O)C(F)(F)F. The first-order valence-corrected chi connectivity index (χ1v) is 11.2. The number of carbonyl (C=O) groups excluding carboxylic acids is 1. The summed E-state index contributed by atoms with van der Waals surface area (Å²) in [5.41, 5.74) is 2.11. The Kier molecular flexibility index (Phi) is 8.74. The van der Waals surface area contributed by atoms with Gasteiger partial charge in [-0.2, -0.15) is 13.2 Å². The third-order valence-electron chi connectivity index (χ3n) is 6.37. The summed E-state index contributed by atoms with van der Waals surface area (Å²) in [6.45, 7) is 4.05. The lowest BCUT2D eigenvalue weighted by Gasteiger charge is -2.37. The van der Waals surface area contributed by atoms with Crippen LogP contribution in [0.4, 0.5) is 18.9 Å². The molecule has 2 saturated heterocycles. The Morgan fingerprint density at radius 1 is 1.11 bits per heavy atom. The number of benzene rings is 2. The number of hydrogen-bond acceptors (Lipinski definition) is 5. The van der Waals surface area contributed by atoms with E-state index in [4.69, 9.17) is 19.4 Å². The number of hydrogen-bond donors (Lipinski definition) is 2. The molecule has 4 rings (SSSR count). The zero-order chi connectivity index (χ0) is 25.5. The minimum absolute atomic E-state index is 0.00356. The van der Waals surface area contributed by atoms with E-state index in [0.29, 0.717) is 0 Å². The molecular formula is C25H29F3N2O5. The maximum atomic E-state index is 13.2. The Morgan fingerprint density at radius 2 is 1.71 bits per heavy atom. The number of carboxylic acid groups (broad SMARTS) is 1. The number of amides is 1. The van der Waals surface area contributed by atoms with Crippen LogP contribution in [0.1, 0.15) is 18.4 Å². The summed E-state index contributed by atoms with van der Waals surface area (Å²) < 4.78 is 42.6. The fourth-order valence-electron chi connectivity index (χ4n) is 4.58. The molecule has 1 spiro atoms. The average molecular weight is 495 g/mol. The molecule has 1 unspecified atom stereocenters. The highest BCUT2D eigenvalue weighted by molar-refractivity contribution is 5.93. The molecule has 2 aromatic rings. The molecule has 2 aromatic carbocycles. The van der Waals surface area contributed by atoms with Gasteiger partial charge in [0.2, 0.25) is 5.91 Å². The first-order chi connectivity index (χ1) is 16.6. The van der Waals surface area contributed by atoms with Gasteiger partial charge < -0.3 is 19.9 Å². The second-order valence-corrected chi connectivity index (χ2v) is 8.70. The number of likely N-dealkylation sites (tertiary alicyclic amines) is 1. The molecule has 35 heavy (non-hydrogen) atoms. The molecule has 2 aliphatic rings. The molecule has 0 radical (unpaired) electrons. The van der Waals surface area contributed by atoms with E-state index in [1.54, 1.807) is 7.11 Å². The van der Waals surface area contributed by atoms with Gasteiger partial charge in [-0.15, -0.1) is 0 Å². The molecule has 0 bridgehead atoms. The highest BCUT2D eigenvalue weighted by Crippen LogP contribution is 2.45. The van der Waals surface area contributed by atoms with Crippen molar-refractivity contribution in [3.8, 4) is 5.75 Å². The number of para-hydroxylation sites is 1. The fraction of sp³-hybridized carbons (Fsp3) is 0.440. The van der Waals surface area contributed by atoms with E-state index in [0.717, 1.165) is 57.1 Å². The summed E-state index contributed by atoms with van der Waals surface area (Å²) in [6.07, 6.45) is -3.20. The van der Waals surface area contributed by atoms with Gasteiger partial charge in [-0.1, -0.05) is 30.3 Å². The minimum Gasteiger partial charge on any atom is -0.497 e. The summed E-state index contributed by atoms with van der Waals surface area (Å²) in [4.78, 5) is 24.5. The average Bonchev–Trinajstić information content (AvgIpc) is 3.17. The Hall–Kier alpha value is -3.11. The molecule has 2 N–H and O–H groups in total. The lowest BCUT2D eigenvalue weighted by molar-refractivity contribution is -0.192. The number of carbonyl (C=O) groups is 2. The van der Waals surface area contributed by atoms with Crippen molar-refractivity contribution in [2.45, 2.75) is 25.6 Å². The van der Waals surface area contributed by atoms with Crippen molar-refractivity contribution >= 4 is 17.6 Å². The first kappa shape index (κ1) is 26.5. The molecule has 0 aromatic heterocycles. The number of halogens is 3. The molecule has 2 aliphatic heterocycles. The van der Waals surface area contributed by atoms with Crippen LogP contribution in [0, 0.1) is 11.3 Å². The molecule has 0 aliphatic carbocycles. The van der Waals surface area contributed by atoms with Gasteiger partial charge >= 0.3 is 12.1 Å². The number of alkyl halides is 3. The van der Waals surface area contributed by atoms with Crippen molar-refractivity contribution in [2.24, 2.45) is 11.3 Å². The van der Waals surface area contributed by atoms with E-state index in [-0.39, 0.29) is 17.2 Å². The van der Waals surface area contributed by atoms with Crippen LogP contribution in [-0.4, -0.2) is 61.5 Å². The van der Waals surface area contributed by atoms with E-state index in [2.05, 4.69) is 22.3 Å². The maximum absolute atomic E-state index is 13.2. The van der Waals surface area contributed by atoms with Crippen LogP contribution in [0.2, 0.25) is 0 Å². The van der Waals surface area contributed by atoms with Crippen molar-refractivity contribution in [3.63, 3.8) is 0 Å². The fourth-order valence-corrected chi connectivity index (χ4v) is 4.58. The number of anilines is 1. The minimum atomic E-state index is -5.08. The topological polar surface area (TPSA) is 88.1 Å². The van der Waals surface area contributed by atoms with Gasteiger partial charge in [0.15, 0.2) is 0 Å². The Labute approximate surface area is 201 Å². The van der Waals surface area contributed by atoms with Crippen molar-refractivity contribution in [1.82, 2.24) is 4.90 Å². The van der Waals surface area contributed by atoms with Gasteiger partial charge in [-0.25, -0.2) is 4.79 Å². The normalized spacial score (nSPS) is 19.5. The molecule has 1 amide bonds. The lowest BCUT2D eigenvalue weighted by atomic mass is 9.71. The Morgan fingerprint density at radius 3 is 2.26 bits per heavy atom. The van der Waals surface area contributed by atoms with Crippen molar-refractivity contribution in [3.05, 3.63) is 60.2 Å². The molecular weight excluding hydrogens is 465 g/mol. The zero-order valence-corrected chi connectivity index (χ0v) is 19.4. The number of methoxy groups -OCH3 is 1. The van der Waals surface area contributed by atoms with Gasteiger partial charge in [0.1, 0.15) is 5.75 Å². The van der Waals surface area contributed by atoms with E-state index in [1.165, 1.54) is 5.56 Å². The highest BCUT2D eigenvalue weighted by Gasteiger charge is 2.50. The smallest absolute Gasteiger partial charge is 0.490 e. The lowest BCUT2D eigenvalue weighted by Crippen LogP contribution is -2.42. The highest BCUT2D eigenvalue weighted by atomic mass is 19.4. The van der Waals surface area contributed by atoms with Gasteiger partial charge in [0.05, 0.1) is 13.0 Å². The van der Waals surface area contributed by atoms with Crippen LogP contribution in [-0.2, 0) is 20.9 Å². The standard InChI is InChI=1S/C23H28N2O3.C2HF3O2/c1-27-20-9-7-18(8-10-20)15-25-16-21(23(17-25)11-13-28-14-12-23)22(26)24-19-5-3-2-4-6-19;3-2(4,5)1(6)7/h2-10,21H,11-17H2,1H3,(H,24,26);(H,6,7). The molecule has 10 heteroatoms. The number of ether oxygens (including phenoxy) is 2. The summed E-state index contributed by atoms with van der Waals surface area (Å²) >= 11 is 0. The second kappa shape index (κ2) is 11.5. The quantitative estimate of drug-likeness (QED) is 0.648. The maximum Gasteiger partial charge on any atom is 0.490 e. The monoisotopic (exact) mass is 494 g/mol. The van der Waals surface area contributed by atoms with Crippen molar-refractivity contribution in [2.75, 3.05) is 38.7 Å². The van der Waals surface area contributed by atoms with Gasteiger partial charge in [0, 0.05) is 44.0 Å². The van der Waals surface area contributed by atoms with Crippen LogP contribution in [0.25, 0.3) is 0 Å². The third kappa shape index (κ3) is 7.19. The van der Waals surface area contributed by atoms with Gasteiger partial charge in [-0.05, 0) is 42.7 Å². The molecule has 2 fully saturated rings. The number of aliphatic carboxylic acids is 1. The van der Waals surface area contributed by atoms with Crippen molar-refractivity contribution in [1.29, 1.82) is 0 Å². The molecule has 7 nitrogen and oxygen atoms in total. The Balaban J connectivity index is 0.000000429. The predicted octanol–water partition coefficient (Wildman–Crippen LogP) is 4.20. The molecule has 0 saturated carbocycles. The molecule has 190 valence electrons. The van der Waals surface area contributed by atoms with Crippen LogP contribution in [0.5, 0.6) is 5.75 Å². The largest absolute Gasteiger partial charge is 0.497 e. The summed E-state index contributed by atoms with van der Waals surface area (Å²) in [6, 6.07) is 17.9. The van der Waals surface area contributed by atoms with E-state index in [9.17, 15) is 18.0 Å². The van der Waals surface area contributed by atoms with Gasteiger partial charge in [-0.3, -0.25) is 9.69 Å². The molecule has 2 heterocycles. The third-order valence-corrected chi connectivity index (χ3v) is 6.37. The predicted molar refractivity (Wildman–Crippen MR) is 123 cm³/mol. The number of carboxylic acids is 1. The zero-order valence-electron chi connectivity index (χ0n) is 19.4. The van der Waals surface area contributed by atoms with E-state index >= 15 is 0 Å². The van der Waals surface area contributed by atoms with E-state index in [1.807, 2.05) is 42.5 Å². The van der Waals surface area contributed by atoms with Crippen molar-refractivity contribution < 1.29 is 37.3 Å². The van der Waals surface area contributed by atoms with Crippen LogP contribution < -0.4 is 10.1 Å². The van der Waals surface area contributed by atoms with Crippen LogP contribution >= 0.6 is 0 Å². The summed E-state index contributed by atoms with van der Waals surface area (Å²) in [7, 11) is 1.68. The van der Waals surface area contributed by atoms with Crippen LogP contribution in [0.3, 0.4) is 0 Å². The summed E-state index contributed by atoms with van der Waals surface area (Å²) in [5.74, 6) is -1.78. The number of nitrogens with one attached hydrogen (secondary N) is 1. The molecule has 1 atom stereocenters. The summed E-state index contributed by atoms with van der Waals surface area (Å²) in [5, 5.41) is 10.3. The first-order valence-electron chi connectivity index (χ1n) is 11.2. The second-order valence-electron chi connectivity index (χ2n) is 8.70. The number of nitrogens with zero attached hydrogens (tertiary/aromatic N) is 1. The Bertz CT molecular complexity index is 977.